The average Bonchev–Trinajstić information content (AvgIpc) is 2.38. The van der Waals surface area contributed by atoms with Crippen molar-refractivity contribution in [1.29, 1.82) is 0 Å². The number of nitrogens with zero attached hydrogens (tertiary/aromatic N) is 2. The van der Waals surface area contributed by atoms with Crippen LogP contribution in [0.4, 0.5) is 5.82 Å². The number of nitrogens with one attached hydrogen (secondary N) is 1. The van der Waals surface area contributed by atoms with E-state index in [1.165, 1.54) is 4.90 Å². The van der Waals surface area contributed by atoms with Crippen LogP contribution in [0.5, 0.6) is 0 Å². The lowest BCUT2D eigenvalue weighted by molar-refractivity contribution is 0.0473. The van der Waals surface area contributed by atoms with E-state index in [4.69, 9.17) is 0 Å². The van der Waals surface area contributed by atoms with Gasteiger partial charge in [0.05, 0.1) is 17.7 Å². The SMILES string of the molecule is CCNc1ccc(C(=O)N(C)C(C)(C)CO)cn1. The minimum atomic E-state index is -0.586. The monoisotopic (exact) mass is 251 g/mol. The summed E-state index contributed by atoms with van der Waals surface area (Å²) in [5, 5.41) is 12.3. The molecule has 5 nitrogen and oxygen atoms in total. The van der Waals surface area contributed by atoms with Crippen LogP contribution in [0.3, 0.4) is 0 Å². The van der Waals surface area contributed by atoms with Crippen molar-refractivity contribution in [3.63, 3.8) is 0 Å². The first-order valence-electron chi connectivity index (χ1n) is 6.01. The molecule has 0 radical (unpaired) electrons. The van der Waals surface area contributed by atoms with E-state index < -0.39 is 5.54 Å². The molecule has 1 aromatic heterocycles. The van der Waals surface area contributed by atoms with Crippen LogP contribution in [0.25, 0.3) is 0 Å². The Labute approximate surface area is 108 Å². The molecule has 5 heteroatoms. The number of aromatic nitrogens is 1. The molecule has 1 rings (SSSR count). The van der Waals surface area contributed by atoms with Crippen molar-refractivity contribution in [2.45, 2.75) is 26.3 Å². The fraction of sp³-hybridized carbons (Fsp3) is 0.538. The standard InChI is InChI=1S/C13H21N3O2/c1-5-14-11-7-6-10(8-15-11)12(18)16(4)13(2,3)9-17/h6-8,17H,5,9H2,1-4H3,(H,14,15). The molecular formula is C13H21N3O2. The minimum Gasteiger partial charge on any atom is -0.394 e. The number of pyridine rings is 1. The van der Waals surface area contributed by atoms with E-state index in [2.05, 4.69) is 10.3 Å². The third kappa shape index (κ3) is 3.20. The number of aliphatic hydroxyl groups excluding tert-OH is 1. The highest BCUT2D eigenvalue weighted by atomic mass is 16.3. The van der Waals surface area contributed by atoms with Gasteiger partial charge in [0.15, 0.2) is 0 Å². The van der Waals surface area contributed by atoms with Gasteiger partial charge in [-0.1, -0.05) is 0 Å². The number of likely N-dealkylation sites (N-methyl/N-ethyl adjacent to an activating group) is 1. The van der Waals surface area contributed by atoms with Crippen molar-refractivity contribution in [1.82, 2.24) is 9.88 Å². The van der Waals surface area contributed by atoms with Crippen LogP contribution in [-0.4, -0.2) is 46.6 Å². The molecule has 1 aromatic rings. The summed E-state index contributed by atoms with van der Waals surface area (Å²) < 4.78 is 0. The van der Waals surface area contributed by atoms with Gasteiger partial charge in [-0.15, -0.1) is 0 Å². The number of hydrogen-bond acceptors (Lipinski definition) is 4. The van der Waals surface area contributed by atoms with E-state index in [0.717, 1.165) is 12.4 Å². The summed E-state index contributed by atoms with van der Waals surface area (Å²) in [6.07, 6.45) is 1.55. The van der Waals surface area contributed by atoms with Crippen molar-refractivity contribution in [2.75, 3.05) is 25.5 Å². The molecule has 0 aliphatic rings. The highest BCUT2D eigenvalue weighted by Crippen LogP contribution is 2.15. The zero-order chi connectivity index (χ0) is 13.8. The van der Waals surface area contributed by atoms with Crippen LogP contribution < -0.4 is 5.32 Å². The van der Waals surface area contributed by atoms with E-state index in [9.17, 15) is 9.90 Å². The van der Waals surface area contributed by atoms with Crippen molar-refractivity contribution in [3.05, 3.63) is 23.9 Å². The predicted octanol–water partition coefficient (Wildman–Crippen LogP) is 1.36. The summed E-state index contributed by atoms with van der Waals surface area (Å²) in [6, 6.07) is 3.51. The normalized spacial score (nSPS) is 11.2. The summed E-state index contributed by atoms with van der Waals surface area (Å²) in [5.41, 5.74) is -0.0714. The second kappa shape index (κ2) is 5.82. The first-order valence-corrected chi connectivity index (χ1v) is 6.01. The van der Waals surface area contributed by atoms with Gasteiger partial charge in [0, 0.05) is 19.8 Å². The number of carbonyl (C=O) groups is 1. The van der Waals surface area contributed by atoms with Gasteiger partial charge in [0.2, 0.25) is 0 Å². The van der Waals surface area contributed by atoms with Gasteiger partial charge >= 0.3 is 0 Å². The molecule has 0 atom stereocenters. The Morgan fingerprint density at radius 1 is 1.50 bits per heavy atom. The second-order valence-corrected chi connectivity index (χ2v) is 4.80. The zero-order valence-corrected chi connectivity index (χ0v) is 11.4. The smallest absolute Gasteiger partial charge is 0.255 e. The van der Waals surface area contributed by atoms with Crippen LogP contribution >= 0.6 is 0 Å². The third-order valence-electron chi connectivity index (χ3n) is 2.97. The van der Waals surface area contributed by atoms with E-state index in [1.807, 2.05) is 20.8 Å². The van der Waals surface area contributed by atoms with Crippen LogP contribution in [0, 0.1) is 0 Å². The van der Waals surface area contributed by atoms with Gasteiger partial charge in [-0.05, 0) is 32.9 Å². The second-order valence-electron chi connectivity index (χ2n) is 4.80. The minimum absolute atomic E-state index is 0.0852. The Bertz CT molecular complexity index is 401. The summed E-state index contributed by atoms with van der Waals surface area (Å²) in [5.74, 6) is 0.600. The predicted molar refractivity (Wildman–Crippen MR) is 71.7 cm³/mol. The maximum absolute atomic E-state index is 12.2. The lowest BCUT2D eigenvalue weighted by Gasteiger charge is -2.33. The molecule has 0 fully saturated rings. The fourth-order valence-electron chi connectivity index (χ4n) is 1.38. The van der Waals surface area contributed by atoms with Crippen molar-refractivity contribution < 1.29 is 9.90 Å². The molecule has 0 aliphatic carbocycles. The van der Waals surface area contributed by atoms with Crippen molar-refractivity contribution in [2.24, 2.45) is 0 Å². The topological polar surface area (TPSA) is 65.5 Å². The Kier molecular flexibility index (Phi) is 4.67. The summed E-state index contributed by atoms with van der Waals surface area (Å²) >= 11 is 0. The van der Waals surface area contributed by atoms with Gasteiger partial charge in [0.25, 0.3) is 5.91 Å². The van der Waals surface area contributed by atoms with Crippen LogP contribution in [0.2, 0.25) is 0 Å². The molecule has 1 amide bonds. The van der Waals surface area contributed by atoms with E-state index in [1.54, 1.807) is 25.4 Å². The molecule has 0 bridgehead atoms. The Hall–Kier alpha value is -1.62. The van der Waals surface area contributed by atoms with Gasteiger partial charge in [-0.3, -0.25) is 4.79 Å². The maximum atomic E-state index is 12.2. The summed E-state index contributed by atoms with van der Waals surface area (Å²) in [7, 11) is 1.68. The molecule has 0 aliphatic heterocycles. The van der Waals surface area contributed by atoms with E-state index >= 15 is 0 Å². The number of amides is 1. The van der Waals surface area contributed by atoms with Crippen LogP contribution in [0.15, 0.2) is 18.3 Å². The van der Waals surface area contributed by atoms with Crippen LogP contribution in [0.1, 0.15) is 31.1 Å². The molecule has 18 heavy (non-hydrogen) atoms. The molecule has 100 valence electrons. The molecule has 0 saturated heterocycles. The quantitative estimate of drug-likeness (QED) is 0.829. The van der Waals surface area contributed by atoms with Crippen molar-refractivity contribution in [3.8, 4) is 0 Å². The number of rotatable bonds is 5. The molecule has 2 N–H and O–H groups in total. The van der Waals surface area contributed by atoms with Gasteiger partial charge < -0.3 is 15.3 Å². The highest BCUT2D eigenvalue weighted by molar-refractivity contribution is 5.94. The maximum Gasteiger partial charge on any atom is 0.255 e. The average molecular weight is 251 g/mol. The third-order valence-corrected chi connectivity index (χ3v) is 2.97. The summed E-state index contributed by atoms with van der Waals surface area (Å²) in [6.45, 7) is 6.31. The molecule has 0 spiro atoms. The lowest BCUT2D eigenvalue weighted by Crippen LogP contribution is -2.47. The number of carbonyl (C=O) groups excluding carboxylic acids is 1. The van der Waals surface area contributed by atoms with Gasteiger partial charge in [0.1, 0.15) is 5.82 Å². The first-order chi connectivity index (χ1) is 8.42. The highest BCUT2D eigenvalue weighted by Gasteiger charge is 2.27. The fourth-order valence-corrected chi connectivity index (χ4v) is 1.38. The van der Waals surface area contributed by atoms with Crippen LogP contribution in [-0.2, 0) is 0 Å². The molecule has 0 saturated carbocycles. The number of anilines is 1. The van der Waals surface area contributed by atoms with Gasteiger partial charge in [-0.2, -0.15) is 0 Å². The van der Waals surface area contributed by atoms with E-state index in [0.29, 0.717) is 5.56 Å². The molecule has 0 unspecified atom stereocenters. The van der Waals surface area contributed by atoms with Gasteiger partial charge in [-0.25, -0.2) is 4.98 Å². The Morgan fingerprint density at radius 3 is 2.61 bits per heavy atom. The zero-order valence-electron chi connectivity index (χ0n) is 11.4. The van der Waals surface area contributed by atoms with E-state index in [-0.39, 0.29) is 12.5 Å². The Balaban J connectivity index is 2.84. The number of hydrogen-bond donors (Lipinski definition) is 2. The number of aliphatic hydroxyl groups is 1. The molecule has 1 heterocycles. The summed E-state index contributed by atoms with van der Waals surface area (Å²) in [4.78, 5) is 17.9. The molecule has 0 aromatic carbocycles. The first kappa shape index (κ1) is 14.4. The largest absolute Gasteiger partial charge is 0.394 e. The van der Waals surface area contributed by atoms with Crippen molar-refractivity contribution >= 4 is 11.7 Å². The molecular weight excluding hydrogens is 230 g/mol. The Morgan fingerprint density at radius 2 is 2.17 bits per heavy atom. The lowest BCUT2D eigenvalue weighted by atomic mass is 10.0.